The normalized spacial score (nSPS) is 19.0. The highest BCUT2D eigenvalue weighted by Crippen LogP contribution is 2.27. The molecule has 2 aromatic rings. The second-order valence-electron chi connectivity index (χ2n) is 5.12. The van der Waals surface area contributed by atoms with Crippen molar-refractivity contribution in [3.63, 3.8) is 0 Å². The van der Waals surface area contributed by atoms with Crippen LogP contribution in [-0.4, -0.2) is 40.6 Å². The minimum atomic E-state index is -0.310. The number of nitrogens with one attached hydrogen (secondary N) is 2. The van der Waals surface area contributed by atoms with Crippen LogP contribution in [0.4, 0.5) is 5.82 Å². The molecule has 3 heterocycles. The van der Waals surface area contributed by atoms with E-state index in [0.29, 0.717) is 17.7 Å². The van der Waals surface area contributed by atoms with Gasteiger partial charge in [0.25, 0.3) is 5.56 Å². The van der Waals surface area contributed by atoms with E-state index in [0.717, 1.165) is 30.2 Å². The molecule has 1 aliphatic rings. The van der Waals surface area contributed by atoms with Crippen LogP contribution in [0.15, 0.2) is 10.3 Å². The van der Waals surface area contributed by atoms with E-state index in [1.807, 2.05) is 6.92 Å². The molecule has 21 heavy (non-hydrogen) atoms. The summed E-state index contributed by atoms with van der Waals surface area (Å²) in [5.74, 6) is 1.09. The maximum atomic E-state index is 12.1. The zero-order valence-corrected chi connectivity index (χ0v) is 13.4. The number of H-pyrrole nitrogens is 1. The third-order valence-corrected chi connectivity index (χ3v) is 4.75. The van der Waals surface area contributed by atoms with Gasteiger partial charge < -0.3 is 15.2 Å². The van der Waals surface area contributed by atoms with Gasteiger partial charge in [0, 0.05) is 25.7 Å². The lowest BCUT2D eigenvalue weighted by molar-refractivity contribution is 0.482. The number of aryl methyl sites for hydroxylation is 1. The predicted octanol–water partition coefficient (Wildman–Crippen LogP) is 1.65. The first-order valence-corrected chi connectivity index (χ1v) is 8.00. The van der Waals surface area contributed by atoms with Gasteiger partial charge in [0.15, 0.2) is 11.6 Å². The summed E-state index contributed by atoms with van der Waals surface area (Å²) >= 11 is 7.62. The number of nitrogens with zero attached hydrogens (tertiary/aromatic N) is 3. The molecule has 112 valence electrons. The highest BCUT2D eigenvalue weighted by molar-refractivity contribution is 7.13. The van der Waals surface area contributed by atoms with Crippen molar-refractivity contribution < 1.29 is 0 Å². The summed E-state index contributed by atoms with van der Waals surface area (Å²) in [5, 5.41) is 3.51. The van der Waals surface area contributed by atoms with Gasteiger partial charge in [-0.25, -0.2) is 9.97 Å². The number of aromatic amines is 1. The molecule has 2 N–H and O–H groups in total. The van der Waals surface area contributed by atoms with Gasteiger partial charge in [0.05, 0.1) is 16.1 Å². The molecule has 0 spiro atoms. The Balaban J connectivity index is 2.06. The summed E-state index contributed by atoms with van der Waals surface area (Å²) < 4.78 is 0. The number of piperazine rings is 1. The predicted molar refractivity (Wildman–Crippen MR) is 85.4 cm³/mol. The Morgan fingerprint density at radius 1 is 1.52 bits per heavy atom. The van der Waals surface area contributed by atoms with Crippen molar-refractivity contribution in [2.45, 2.75) is 19.9 Å². The lowest BCUT2D eigenvalue weighted by Crippen LogP contribution is -2.50. The van der Waals surface area contributed by atoms with E-state index in [2.05, 4.69) is 32.1 Å². The number of halogens is 1. The molecule has 1 aliphatic heterocycles. The first-order chi connectivity index (χ1) is 10.1. The molecule has 0 amide bonds. The molecule has 3 rings (SSSR count). The summed E-state index contributed by atoms with van der Waals surface area (Å²) in [7, 11) is 0. The van der Waals surface area contributed by atoms with Crippen LogP contribution in [0.1, 0.15) is 12.6 Å². The number of hydrogen-bond donors (Lipinski definition) is 2. The topological polar surface area (TPSA) is 73.9 Å². The van der Waals surface area contributed by atoms with Crippen molar-refractivity contribution in [1.82, 2.24) is 20.3 Å². The van der Waals surface area contributed by atoms with Gasteiger partial charge in [-0.1, -0.05) is 11.6 Å². The average molecular weight is 326 g/mol. The highest BCUT2D eigenvalue weighted by Gasteiger charge is 2.22. The number of hydrogen-bond acceptors (Lipinski definition) is 6. The number of rotatable bonds is 2. The smallest absolute Gasteiger partial charge is 0.272 e. The van der Waals surface area contributed by atoms with E-state index in [9.17, 15) is 4.79 Å². The molecule has 0 aromatic carbocycles. The van der Waals surface area contributed by atoms with E-state index in [1.54, 1.807) is 5.51 Å². The zero-order valence-electron chi connectivity index (χ0n) is 11.8. The van der Waals surface area contributed by atoms with Gasteiger partial charge in [-0.15, -0.1) is 11.3 Å². The number of thiazole rings is 1. The SMILES string of the molecule is Cc1ncsc1-c1nc(N2CCN[C@@H](C)C2)c(Cl)c(=O)[nH]1. The number of anilines is 1. The van der Waals surface area contributed by atoms with Crippen LogP contribution < -0.4 is 15.8 Å². The Morgan fingerprint density at radius 2 is 2.33 bits per heavy atom. The molecule has 0 saturated carbocycles. The monoisotopic (exact) mass is 325 g/mol. The second kappa shape index (κ2) is 5.75. The van der Waals surface area contributed by atoms with Gasteiger partial charge in [-0.05, 0) is 13.8 Å². The van der Waals surface area contributed by atoms with Crippen molar-refractivity contribution in [2.75, 3.05) is 24.5 Å². The standard InChI is InChI=1S/C13H16ClN5OS/c1-7-5-19(4-3-15-7)12-9(14)13(20)18-11(17-12)10-8(2)16-6-21-10/h6-7,15H,3-5H2,1-2H3,(H,17,18,20)/t7-/m0/s1. The van der Waals surface area contributed by atoms with E-state index >= 15 is 0 Å². The number of aromatic nitrogens is 3. The molecule has 0 unspecified atom stereocenters. The molecule has 1 saturated heterocycles. The Bertz CT molecular complexity index is 713. The molecular weight excluding hydrogens is 310 g/mol. The molecule has 6 nitrogen and oxygen atoms in total. The van der Waals surface area contributed by atoms with Gasteiger partial charge in [-0.3, -0.25) is 4.79 Å². The molecule has 1 atom stereocenters. The maximum Gasteiger partial charge on any atom is 0.272 e. The van der Waals surface area contributed by atoms with E-state index < -0.39 is 0 Å². The van der Waals surface area contributed by atoms with Crippen LogP contribution in [0.3, 0.4) is 0 Å². The fraction of sp³-hybridized carbons (Fsp3) is 0.462. The van der Waals surface area contributed by atoms with Crippen molar-refractivity contribution in [3.8, 4) is 10.7 Å². The van der Waals surface area contributed by atoms with E-state index in [4.69, 9.17) is 11.6 Å². The Morgan fingerprint density at radius 3 is 3.00 bits per heavy atom. The van der Waals surface area contributed by atoms with Gasteiger partial charge in [0.2, 0.25) is 0 Å². The summed E-state index contributed by atoms with van der Waals surface area (Å²) in [6, 6.07) is 0.337. The second-order valence-corrected chi connectivity index (χ2v) is 6.35. The summed E-state index contributed by atoms with van der Waals surface area (Å²) in [4.78, 5) is 26.5. The molecule has 0 aliphatic carbocycles. The molecule has 8 heteroatoms. The molecule has 2 aromatic heterocycles. The first-order valence-electron chi connectivity index (χ1n) is 6.75. The summed E-state index contributed by atoms with van der Waals surface area (Å²) in [5.41, 5.74) is 2.28. The third kappa shape index (κ3) is 2.81. The van der Waals surface area contributed by atoms with Gasteiger partial charge in [0.1, 0.15) is 5.02 Å². The molecule has 0 radical (unpaired) electrons. The summed E-state index contributed by atoms with van der Waals surface area (Å²) in [6.07, 6.45) is 0. The maximum absolute atomic E-state index is 12.1. The van der Waals surface area contributed by atoms with Crippen LogP contribution in [0.25, 0.3) is 10.7 Å². The lowest BCUT2D eigenvalue weighted by atomic mass is 10.2. The fourth-order valence-electron chi connectivity index (χ4n) is 2.42. The summed E-state index contributed by atoms with van der Waals surface area (Å²) in [6.45, 7) is 6.40. The van der Waals surface area contributed by atoms with Crippen molar-refractivity contribution in [2.24, 2.45) is 0 Å². The minimum Gasteiger partial charge on any atom is -0.352 e. The molecular formula is C13H16ClN5OS. The fourth-order valence-corrected chi connectivity index (χ4v) is 3.37. The van der Waals surface area contributed by atoms with Crippen LogP contribution in [0.2, 0.25) is 5.02 Å². The lowest BCUT2D eigenvalue weighted by Gasteiger charge is -2.33. The zero-order chi connectivity index (χ0) is 15.0. The Kier molecular flexibility index (Phi) is 3.97. The Labute approximate surface area is 131 Å². The van der Waals surface area contributed by atoms with E-state index in [-0.39, 0.29) is 10.6 Å². The van der Waals surface area contributed by atoms with Crippen molar-refractivity contribution in [3.05, 3.63) is 26.6 Å². The minimum absolute atomic E-state index is 0.148. The molecule has 1 fully saturated rings. The largest absolute Gasteiger partial charge is 0.352 e. The quantitative estimate of drug-likeness (QED) is 0.878. The van der Waals surface area contributed by atoms with Crippen LogP contribution in [-0.2, 0) is 0 Å². The van der Waals surface area contributed by atoms with Gasteiger partial charge >= 0.3 is 0 Å². The Hall–Kier alpha value is -1.44. The van der Waals surface area contributed by atoms with Crippen LogP contribution >= 0.6 is 22.9 Å². The van der Waals surface area contributed by atoms with Crippen molar-refractivity contribution in [1.29, 1.82) is 0 Å². The first kappa shape index (κ1) is 14.5. The van der Waals surface area contributed by atoms with Gasteiger partial charge in [-0.2, -0.15) is 0 Å². The molecule has 0 bridgehead atoms. The highest BCUT2D eigenvalue weighted by atomic mass is 35.5. The van der Waals surface area contributed by atoms with Crippen LogP contribution in [0, 0.1) is 6.92 Å². The van der Waals surface area contributed by atoms with E-state index in [1.165, 1.54) is 11.3 Å². The van der Waals surface area contributed by atoms with Crippen LogP contribution in [0.5, 0.6) is 0 Å². The van der Waals surface area contributed by atoms with Crippen molar-refractivity contribution >= 4 is 28.8 Å². The third-order valence-electron chi connectivity index (χ3n) is 3.47. The average Bonchev–Trinajstić information content (AvgIpc) is 2.88.